The van der Waals surface area contributed by atoms with Gasteiger partial charge in [-0.15, -0.1) is 0 Å². The highest BCUT2D eigenvalue weighted by Crippen LogP contribution is 2.18. The molecule has 0 saturated carbocycles. The molecule has 5 nitrogen and oxygen atoms in total. The molecule has 1 aromatic carbocycles. The van der Waals surface area contributed by atoms with Gasteiger partial charge in [0.1, 0.15) is 5.52 Å². The number of rotatable bonds is 2. The Balaban J connectivity index is 1.95. The second-order valence-electron chi connectivity index (χ2n) is 4.04. The number of benzene rings is 1. The second-order valence-corrected chi connectivity index (χ2v) is 4.04. The van der Waals surface area contributed by atoms with Gasteiger partial charge >= 0.3 is 0 Å². The summed E-state index contributed by atoms with van der Waals surface area (Å²) in [5.41, 5.74) is 7.77. The van der Waals surface area contributed by atoms with E-state index >= 15 is 0 Å². The van der Waals surface area contributed by atoms with Gasteiger partial charge in [0.05, 0.1) is 6.54 Å². The molecule has 3 rings (SSSR count). The minimum atomic E-state index is -0.0170. The van der Waals surface area contributed by atoms with Crippen molar-refractivity contribution < 1.29 is 4.42 Å². The van der Waals surface area contributed by atoms with E-state index in [4.69, 9.17) is 10.2 Å². The molecule has 0 atom stereocenters. The fourth-order valence-corrected chi connectivity index (χ4v) is 1.77. The van der Waals surface area contributed by atoms with Crippen molar-refractivity contribution in [1.29, 1.82) is 0 Å². The molecule has 2 heterocycles. The van der Waals surface area contributed by atoms with Crippen molar-refractivity contribution in [2.24, 2.45) is 0 Å². The molecule has 0 bridgehead atoms. The van der Waals surface area contributed by atoms with Crippen molar-refractivity contribution in [3.05, 3.63) is 58.8 Å². The minimum absolute atomic E-state index is 0.0170. The topological polar surface area (TPSA) is 74.0 Å². The van der Waals surface area contributed by atoms with E-state index in [9.17, 15) is 4.79 Å². The highest BCUT2D eigenvalue weighted by Gasteiger charge is 2.05. The first-order valence-corrected chi connectivity index (χ1v) is 5.52. The molecule has 0 fully saturated rings. The number of hydrogen-bond acceptors (Lipinski definition) is 4. The first-order valence-electron chi connectivity index (χ1n) is 5.52. The lowest BCUT2D eigenvalue weighted by Gasteiger charge is -2.00. The van der Waals surface area contributed by atoms with Crippen molar-refractivity contribution in [3.8, 4) is 0 Å². The van der Waals surface area contributed by atoms with E-state index < -0.39 is 0 Å². The van der Waals surface area contributed by atoms with Gasteiger partial charge in [-0.3, -0.25) is 4.79 Å². The number of nitrogens with zero attached hydrogens (tertiary/aromatic N) is 2. The highest BCUT2D eigenvalue weighted by atomic mass is 16.3. The molecule has 0 saturated heterocycles. The van der Waals surface area contributed by atoms with Crippen LogP contribution >= 0.6 is 0 Å². The Hall–Kier alpha value is -2.56. The summed E-state index contributed by atoms with van der Waals surface area (Å²) in [6.45, 7) is 0.481. The Labute approximate surface area is 102 Å². The maximum absolute atomic E-state index is 11.0. The van der Waals surface area contributed by atoms with E-state index in [2.05, 4.69) is 4.98 Å². The summed E-state index contributed by atoms with van der Waals surface area (Å²) in [7, 11) is 0. The summed E-state index contributed by atoms with van der Waals surface area (Å²) < 4.78 is 7.42. The van der Waals surface area contributed by atoms with Gasteiger partial charge in [-0.1, -0.05) is 0 Å². The number of nitrogens with two attached hydrogens (primary N) is 1. The first-order chi connectivity index (χ1) is 8.70. The van der Waals surface area contributed by atoms with Gasteiger partial charge in [0, 0.05) is 30.2 Å². The van der Waals surface area contributed by atoms with E-state index in [1.165, 1.54) is 12.1 Å². The van der Waals surface area contributed by atoms with E-state index in [0.29, 0.717) is 23.7 Å². The minimum Gasteiger partial charge on any atom is -0.439 e. The molecular weight excluding hydrogens is 230 g/mol. The van der Waals surface area contributed by atoms with Crippen LogP contribution in [-0.2, 0) is 6.54 Å². The fraction of sp³-hybridized carbons (Fsp3) is 0.0769. The fourth-order valence-electron chi connectivity index (χ4n) is 1.77. The predicted octanol–water partition coefficient (Wildman–Crippen LogP) is 1.62. The quantitative estimate of drug-likeness (QED) is 0.692. The summed E-state index contributed by atoms with van der Waals surface area (Å²) in [5.74, 6) is 0.583. The average molecular weight is 241 g/mol. The summed E-state index contributed by atoms with van der Waals surface area (Å²) in [6.07, 6.45) is 3.40. The lowest BCUT2D eigenvalue weighted by atomic mass is 10.3. The van der Waals surface area contributed by atoms with Crippen molar-refractivity contribution in [2.45, 2.75) is 6.54 Å². The maximum atomic E-state index is 11.0. The smallest absolute Gasteiger partial charge is 0.215 e. The predicted molar refractivity (Wildman–Crippen MR) is 68.2 cm³/mol. The number of fused-ring (bicyclic) bond motifs is 1. The Kier molecular flexibility index (Phi) is 2.37. The van der Waals surface area contributed by atoms with Crippen LogP contribution in [0.2, 0.25) is 0 Å². The van der Waals surface area contributed by atoms with Crippen LogP contribution in [-0.4, -0.2) is 9.55 Å². The highest BCUT2D eigenvalue weighted by molar-refractivity contribution is 5.76. The summed E-state index contributed by atoms with van der Waals surface area (Å²) in [6, 6.07) is 8.35. The molecule has 90 valence electrons. The van der Waals surface area contributed by atoms with Gasteiger partial charge in [0.15, 0.2) is 11.0 Å². The summed E-state index contributed by atoms with van der Waals surface area (Å²) in [4.78, 5) is 15.3. The van der Waals surface area contributed by atoms with Gasteiger partial charge < -0.3 is 14.7 Å². The Morgan fingerprint density at radius 1 is 1.22 bits per heavy atom. The largest absolute Gasteiger partial charge is 0.439 e. The molecule has 2 N–H and O–H groups in total. The number of nitrogen functional groups attached to an aromatic ring is 1. The average Bonchev–Trinajstić information content (AvgIpc) is 2.73. The number of aromatic nitrogens is 2. The molecule has 0 amide bonds. The molecule has 0 radical (unpaired) electrons. The van der Waals surface area contributed by atoms with Crippen molar-refractivity contribution in [3.63, 3.8) is 0 Å². The third-order valence-corrected chi connectivity index (χ3v) is 2.63. The molecule has 0 aliphatic rings. The number of hydrogen-bond donors (Lipinski definition) is 1. The van der Waals surface area contributed by atoms with Crippen molar-refractivity contribution in [2.75, 3.05) is 5.73 Å². The zero-order valence-electron chi connectivity index (χ0n) is 9.54. The van der Waals surface area contributed by atoms with Crippen molar-refractivity contribution in [1.82, 2.24) is 9.55 Å². The monoisotopic (exact) mass is 241 g/mol. The molecule has 0 spiro atoms. The van der Waals surface area contributed by atoms with E-state index in [0.717, 1.165) is 5.52 Å². The standard InChI is InChI=1S/C13H11N3O2/c14-9-1-2-12-11(7-9)15-13(18-12)8-16-5-3-10(17)4-6-16/h1-7H,8,14H2. The molecule has 3 aromatic rings. The van der Waals surface area contributed by atoms with Gasteiger partial charge in [0.25, 0.3) is 0 Å². The maximum Gasteiger partial charge on any atom is 0.215 e. The number of anilines is 1. The van der Waals surface area contributed by atoms with Gasteiger partial charge in [-0.2, -0.15) is 0 Å². The third kappa shape index (κ3) is 1.98. The SMILES string of the molecule is Nc1ccc2oc(Cn3ccc(=O)cc3)nc2c1. The van der Waals surface area contributed by atoms with Gasteiger partial charge in [-0.25, -0.2) is 4.98 Å². The first kappa shape index (κ1) is 10.6. The van der Waals surface area contributed by atoms with E-state index in [1.807, 2.05) is 4.57 Å². The van der Waals surface area contributed by atoms with E-state index in [-0.39, 0.29) is 5.43 Å². The second kappa shape index (κ2) is 4.03. The molecular formula is C13H11N3O2. The van der Waals surface area contributed by atoms with Crippen LogP contribution in [0.15, 0.2) is 51.9 Å². The normalized spacial score (nSPS) is 10.9. The lowest BCUT2D eigenvalue weighted by molar-refractivity contribution is 0.508. The van der Waals surface area contributed by atoms with Crippen LogP contribution in [0.25, 0.3) is 11.1 Å². The molecule has 5 heteroatoms. The summed E-state index contributed by atoms with van der Waals surface area (Å²) in [5, 5.41) is 0. The van der Waals surface area contributed by atoms with Gasteiger partial charge in [0.2, 0.25) is 5.89 Å². The lowest BCUT2D eigenvalue weighted by Crippen LogP contribution is -2.04. The van der Waals surface area contributed by atoms with E-state index in [1.54, 1.807) is 30.6 Å². The molecule has 0 aliphatic carbocycles. The Morgan fingerprint density at radius 2 is 2.00 bits per heavy atom. The molecule has 0 unspecified atom stereocenters. The third-order valence-electron chi connectivity index (χ3n) is 2.63. The molecule has 18 heavy (non-hydrogen) atoms. The van der Waals surface area contributed by atoms with Crippen LogP contribution < -0.4 is 11.2 Å². The van der Waals surface area contributed by atoms with Crippen LogP contribution in [0.1, 0.15) is 5.89 Å². The van der Waals surface area contributed by atoms with Crippen molar-refractivity contribution >= 4 is 16.8 Å². The molecule has 2 aromatic heterocycles. The van der Waals surface area contributed by atoms with Crippen LogP contribution in [0.5, 0.6) is 0 Å². The van der Waals surface area contributed by atoms with Crippen LogP contribution in [0.4, 0.5) is 5.69 Å². The van der Waals surface area contributed by atoms with Crippen LogP contribution in [0.3, 0.4) is 0 Å². The van der Waals surface area contributed by atoms with Crippen LogP contribution in [0, 0.1) is 0 Å². The van der Waals surface area contributed by atoms with Gasteiger partial charge in [-0.05, 0) is 18.2 Å². The zero-order chi connectivity index (χ0) is 12.5. The molecule has 0 aliphatic heterocycles. The Morgan fingerprint density at radius 3 is 2.78 bits per heavy atom. The number of oxazole rings is 1. The summed E-state index contributed by atoms with van der Waals surface area (Å²) >= 11 is 0. The zero-order valence-corrected chi connectivity index (χ0v) is 9.54. The number of pyridine rings is 1. The Bertz CT molecular complexity index is 738.